The van der Waals surface area contributed by atoms with E-state index in [1.54, 1.807) is 24.5 Å². The van der Waals surface area contributed by atoms with Crippen LogP contribution in [0.1, 0.15) is 18.0 Å². The van der Waals surface area contributed by atoms with E-state index in [2.05, 4.69) is 25.6 Å². The summed E-state index contributed by atoms with van der Waals surface area (Å²) in [6, 6.07) is 9.92. The lowest BCUT2D eigenvalue weighted by atomic mass is 10.1. The van der Waals surface area contributed by atoms with Crippen LogP contribution in [0.5, 0.6) is 0 Å². The Hall–Kier alpha value is -4.35. The molecule has 36 heavy (non-hydrogen) atoms. The largest absolute Gasteiger partial charge is 0.406 e. The van der Waals surface area contributed by atoms with Gasteiger partial charge in [-0.1, -0.05) is 23.4 Å². The van der Waals surface area contributed by atoms with E-state index < -0.39 is 30.5 Å². The van der Waals surface area contributed by atoms with E-state index in [4.69, 9.17) is 0 Å². The zero-order valence-electron chi connectivity index (χ0n) is 18.7. The molecule has 0 bridgehead atoms. The van der Waals surface area contributed by atoms with E-state index in [0.717, 1.165) is 5.69 Å². The molecule has 1 unspecified atom stereocenters. The van der Waals surface area contributed by atoms with Crippen molar-refractivity contribution in [3.05, 3.63) is 78.8 Å². The van der Waals surface area contributed by atoms with Gasteiger partial charge in [0.25, 0.3) is 5.91 Å². The molecule has 1 atom stereocenters. The maximum atomic E-state index is 14.4. The Morgan fingerprint density at radius 2 is 1.78 bits per heavy atom. The molecule has 0 spiro atoms. The molecule has 1 N–H and O–H groups in total. The second kappa shape index (κ2) is 9.36. The highest BCUT2D eigenvalue weighted by atomic mass is 19.4. The molecule has 8 nitrogen and oxygen atoms in total. The lowest BCUT2D eigenvalue weighted by molar-refractivity contribution is -0.134. The van der Waals surface area contributed by atoms with Gasteiger partial charge in [-0.15, -0.1) is 5.10 Å². The number of halogens is 4. The maximum Gasteiger partial charge on any atom is 0.406 e. The van der Waals surface area contributed by atoms with Gasteiger partial charge in [0.1, 0.15) is 30.4 Å². The molecule has 0 aliphatic carbocycles. The second-order valence-corrected chi connectivity index (χ2v) is 8.24. The number of hydrogen-bond acceptors (Lipinski definition) is 6. The lowest BCUT2D eigenvalue weighted by Gasteiger charge is -2.26. The van der Waals surface area contributed by atoms with E-state index >= 15 is 0 Å². The first-order chi connectivity index (χ1) is 17.3. The number of amides is 1. The number of rotatable bonds is 5. The number of carbonyl (C=O) groups is 1. The van der Waals surface area contributed by atoms with E-state index in [-0.39, 0.29) is 24.1 Å². The van der Waals surface area contributed by atoms with Gasteiger partial charge >= 0.3 is 6.18 Å². The number of anilines is 3. The van der Waals surface area contributed by atoms with Crippen molar-refractivity contribution >= 4 is 23.0 Å². The molecule has 0 saturated carbocycles. The van der Waals surface area contributed by atoms with Crippen LogP contribution < -0.4 is 10.2 Å². The Morgan fingerprint density at radius 3 is 2.50 bits per heavy atom. The number of nitrogens with one attached hydrogen (secondary N) is 1. The number of benzene rings is 2. The molecule has 0 saturated heterocycles. The average Bonchev–Trinajstić information content (AvgIpc) is 3.29. The molecule has 1 amide bonds. The summed E-state index contributed by atoms with van der Waals surface area (Å²) in [5.74, 6) is -1.47. The minimum atomic E-state index is -4.66. The number of carbonyl (C=O) groups excluding carboxylic acids is 1. The molecule has 2 aromatic carbocycles. The molecule has 1 aliphatic rings. The quantitative estimate of drug-likeness (QED) is 0.402. The zero-order valence-corrected chi connectivity index (χ0v) is 18.7. The van der Waals surface area contributed by atoms with Gasteiger partial charge in [-0.25, -0.2) is 19.0 Å². The highest BCUT2D eigenvalue weighted by Gasteiger charge is 2.40. The highest BCUT2D eigenvalue weighted by Crippen LogP contribution is 2.35. The number of hydrogen-bond donors (Lipinski definition) is 1. The highest BCUT2D eigenvalue weighted by molar-refractivity contribution is 5.97. The van der Waals surface area contributed by atoms with Crippen molar-refractivity contribution < 1.29 is 22.4 Å². The fraction of sp³-hybridized carbons (Fsp3) is 0.208. The van der Waals surface area contributed by atoms with Gasteiger partial charge in [-0.3, -0.25) is 4.79 Å². The first kappa shape index (κ1) is 23.4. The van der Waals surface area contributed by atoms with Crippen molar-refractivity contribution in [1.29, 1.82) is 0 Å². The Labute approximate surface area is 202 Å². The zero-order chi connectivity index (χ0) is 25.3. The van der Waals surface area contributed by atoms with Gasteiger partial charge in [0.05, 0.1) is 30.0 Å². The normalized spacial score (nSPS) is 15.9. The first-order valence-electron chi connectivity index (χ1n) is 11.0. The topological polar surface area (TPSA) is 88.8 Å². The Morgan fingerprint density at radius 1 is 1.03 bits per heavy atom. The van der Waals surface area contributed by atoms with E-state index in [1.165, 1.54) is 35.4 Å². The number of alkyl halides is 3. The molecule has 0 radical (unpaired) electrons. The number of fused-ring (bicyclic) bond motifs is 1. The molecule has 12 heteroatoms. The van der Waals surface area contributed by atoms with Gasteiger partial charge in [0, 0.05) is 16.8 Å². The molecular weight excluding hydrogens is 478 g/mol. The van der Waals surface area contributed by atoms with E-state index in [9.17, 15) is 22.4 Å². The standard InChI is InChI=1S/C24H19F4N7O/c25-19-2-1-3-21-18(19)8-9-22(23(36)34(21)13-24(26,27)28)35-12-20(32-33-35)15-4-6-16(7-5-15)31-17-10-29-14-30-11-17/h1-7,10-12,14,22,31H,8-9,13H2. The van der Waals surface area contributed by atoms with Crippen molar-refractivity contribution in [2.45, 2.75) is 25.1 Å². The van der Waals surface area contributed by atoms with Crippen LogP contribution in [0.15, 0.2) is 67.4 Å². The van der Waals surface area contributed by atoms with E-state index in [0.29, 0.717) is 21.8 Å². The summed E-state index contributed by atoms with van der Waals surface area (Å²) >= 11 is 0. The third-order valence-electron chi connectivity index (χ3n) is 5.80. The Balaban J connectivity index is 1.40. The van der Waals surface area contributed by atoms with Crippen LogP contribution in [0.25, 0.3) is 11.3 Å². The van der Waals surface area contributed by atoms with Gasteiger partial charge in [-0.05, 0) is 37.1 Å². The van der Waals surface area contributed by atoms with Crippen molar-refractivity contribution in [3.8, 4) is 11.3 Å². The van der Waals surface area contributed by atoms with Crippen LogP contribution in [-0.2, 0) is 11.2 Å². The Kier molecular flexibility index (Phi) is 6.08. The van der Waals surface area contributed by atoms with Crippen molar-refractivity contribution in [1.82, 2.24) is 25.0 Å². The average molecular weight is 497 g/mol. The summed E-state index contributed by atoms with van der Waals surface area (Å²) in [6.07, 6.45) is 1.67. The predicted molar refractivity (Wildman–Crippen MR) is 123 cm³/mol. The molecule has 1 aliphatic heterocycles. The molecule has 4 aromatic rings. The van der Waals surface area contributed by atoms with Gasteiger partial charge in [-0.2, -0.15) is 13.2 Å². The summed E-state index contributed by atoms with van der Waals surface area (Å²) in [7, 11) is 0. The summed E-state index contributed by atoms with van der Waals surface area (Å²) in [6.45, 7) is -1.53. The van der Waals surface area contributed by atoms with Crippen molar-refractivity contribution in [2.75, 3.05) is 16.8 Å². The van der Waals surface area contributed by atoms with Crippen LogP contribution in [-0.4, -0.2) is 43.6 Å². The minimum absolute atomic E-state index is 0.0739. The molecule has 2 aromatic heterocycles. The van der Waals surface area contributed by atoms with Crippen LogP contribution >= 0.6 is 0 Å². The summed E-state index contributed by atoms with van der Waals surface area (Å²) in [5.41, 5.74) is 2.62. The molecular formula is C24H19F4N7O. The van der Waals surface area contributed by atoms with Gasteiger partial charge < -0.3 is 10.2 Å². The van der Waals surface area contributed by atoms with Gasteiger partial charge in [0.2, 0.25) is 0 Å². The van der Waals surface area contributed by atoms with Crippen LogP contribution in [0.4, 0.5) is 34.6 Å². The van der Waals surface area contributed by atoms with E-state index in [1.807, 2.05) is 12.1 Å². The number of aromatic nitrogens is 5. The molecule has 3 heterocycles. The van der Waals surface area contributed by atoms with Crippen molar-refractivity contribution in [2.24, 2.45) is 0 Å². The monoisotopic (exact) mass is 497 g/mol. The summed E-state index contributed by atoms with van der Waals surface area (Å²) < 4.78 is 55.7. The van der Waals surface area contributed by atoms with Crippen LogP contribution in [0.3, 0.4) is 0 Å². The van der Waals surface area contributed by atoms with Gasteiger partial charge in [0.15, 0.2) is 0 Å². The smallest absolute Gasteiger partial charge is 0.353 e. The lowest BCUT2D eigenvalue weighted by Crippen LogP contribution is -2.42. The number of nitrogens with zero attached hydrogens (tertiary/aromatic N) is 6. The van der Waals surface area contributed by atoms with Crippen molar-refractivity contribution in [3.63, 3.8) is 0 Å². The Bertz CT molecular complexity index is 1370. The molecule has 0 fully saturated rings. The SMILES string of the molecule is O=C1C(n2cc(-c3ccc(Nc4cncnc4)cc3)nn2)CCc2c(F)cccc2N1CC(F)(F)F. The minimum Gasteiger partial charge on any atom is -0.353 e. The summed E-state index contributed by atoms with van der Waals surface area (Å²) in [4.78, 5) is 21.7. The maximum absolute atomic E-state index is 14.4. The fourth-order valence-corrected chi connectivity index (χ4v) is 4.15. The van der Waals surface area contributed by atoms with Crippen LogP contribution in [0, 0.1) is 5.82 Å². The third kappa shape index (κ3) is 4.88. The van der Waals surface area contributed by atoms with Crippen LogP contribution in [0.2, 0.25) is 0 Å². The predicted octanol–water partition coefficient (Wildman–Crippen LogP) is 4.70. The first-order valence-corrected chi connectivity index (χ1v) is 11.0. The second-order valence-electron chi connectivity index (χ2n) is 8.24. The summed E-state index contributed by atoms with van der Waals surface area (Å²) in [5, 5.41) is 11.3. The molecule has 5 rings (SSSR count). The molecule has 184 valence electrons. The third-order valence-corrected chi connectivity index (χ3v) is 5.80. The fourth-order valence-electron chi connectivity index (χ4n) is 4.15.